The molecule has 124 valence electrons. The Hall–Kier alpha value is -1.92. The predicted octanol–water partition coefficient (Wildman–Crippen LogP) is 1.89. The molecule has 1 aliphatic heterocycles. The summed E-state index contributed by atoms with van der Waals surface area (Å²) in [5.74, 6) is -1.64. The first-order valence-corrected chi connectivity index (χ1v) is 7.68. The van der Waals surface area contributed by atoms with E-state index in [1.807, 2.05) is 0 Å². The molecule has 0 radical (unpaired) electrons. The Morgan fingerprint density at radius 3 is 1.82 bits per heavy atom. The van der Waals surface area contributed by atoms with Gasteiger partial charge in [0.05, 0.1) is 7.11 Å². The van der Waals surface area contributed by atoms with Crippen LogP contribution < -0.4 is 0 Å². The van der Waals surface area contributed by atoms with Crippen molar-refractivity contribution in [2.75, 3.05) is 7.11 Å². The number of methoxy groups -OCH3 is 1. The highest BCUT2D eigenvalue weighted by Crippen LogP contribution is 2.14. The summed E-state index contributed by atoms with van der Waals surface area (Å²) in [6.07, 6.45) is 6.12. The number of unbranched alkanes of at least 4 members (excludes halogenated alkanes) is 5. The van der Waals surface area contributed by atoms with E-state index in [4.69, 9.17) is 4.84 Å². The Balaban J connectivity index is 1.98. The molecule has 1 rings (SSSR count). The SMILES string of the molecule is COC(=O)CCCCCCCCC(=O)ON1C(=O)CCC1=O. The molecule has 0 unspecified atom stereocenters. The summed E-state index contributed by atoms with van der Waals surface area (Å²) in [6.45, 7) is 0. The summed E-state index contributed by atoms with van der Waals surface area (Å²) in [4.78, 5) is 49.7. The Bertz CT molecular complexity index is 404. The van der Waals surface area contributed by atoms with Gasteiger partial charge in [-0.05, 0) is 12.8 Å². The average molecular weight is 313 g/mol. The number of imide groups is 1. The van der Waals surface area contributed by atoms with Crippen LogP contribution in [0.1, 0.15) is 64.2 Å². The molecule has 0 atom stereocenters. The third-order valence-electron chi connectivity index (χ3n) is 3.44. The minimum Gasteiger partial charge on any atom is -0.469 e. The molecule has 1 aliphatic rings. The van der Waals surface area contributed by atoms with Crippen LogP contribution in [-0.4, -0.2) is 35.9 Å². The lowest BCUT2D eigenvalue weighted by atomic mass is 10.1. The molecule has 1 fully saturated rings. The lowest BCUT2D eigenvalue weighted by Gasteiger charge is -2.12. The summed E-state index contributed by atoms with van der Waals surface area (Å²) in [7, 11) is 1.38. The van der Waals surface area contributed by atoms with Crippen molar-refractivity contribution in [2.45, 2.75) is 64.2 Å². The second-order valence-corrected chi connectivity index (χ2v) is 5.24. The number of hydrogen-bond donors (Lipinski definition) is 0. The van der Waals surface area contributed by atoms with E-state index < -0.39 is 17.8 Å². The molecule has 0 saturated carbocycles. The molecule has 0 aromatic carbocycles. The monoisotopic (exact) mass is 313 g/mol. The van der Waals surface area contributed by atoms with Crippen LogP contribution in [0, 0.1) is 0 Å². The standard InChI is InChI=1S/C15H23NO6/c1-21-14(19)8-6-4-2-3-5-7-9-15(20)22-16-12(17)10-11-13(16)18/h2-11H2,1H3. The van der Waals surface area contributed by atoms with Crippen molar-refractivity contribution in [3.8, 4) is 0 Å². The highest BCUT2D eigenvalue weighted by molar-refractivity contribution is 6.01. The topological polar surface area (TPSA) is 90.0 Å². The maximum Gasteiger partial charge on any atom is 0.333 e. The number of amides is 2. The molecule has 0 bridgehead atoms. The number of carbonyl (C=O) groups is 4. The van der Waals surface area contributed by atoms with Gasteiger partial charge in [-0.1, -0.05) is 25.7 Å². The van der Waals surface area contributed by atoms with Crippen molar-refractivity contribution in [1.82, 2.24) is 5.06 Å². The van der Waals surface area contributed by atoms with Crippen molar-refractivity contribution in [3.63, 3.8) is 0 Å². The third kappa shape index (κ3) is 6.69. The molecule has 7 heteroatoms. The molecule has 0 N–H and O–H groups in total. The molecule has 0 spiro atoms. The van der Waals surface area contributed by atoms with Crippen LogP contribution in [-0.2, 0) is 28.8 Å². The molecule has 1 saturated heterocycles. The first-order valence-electron chi connectivity index (χ1n) is 7.68. The normalized spacial score (nSPS) is 14.3. The first kappa shape index (κ1) is 18.1. The van der Waals surface area contributed by atoms with Gasteiger partial charge < -0.3 is 9.57 Å². The van der Waals surface area contributed by atoms with E-state index in [0.29, 0.717) is 17.9 Å². The minimum atomic E-state index is -0.547. The Labute approximate surface area is 129 Å². The van der Waals surface area contributed by atoms with Crippen molar-refractivity contribution in [3.05, 3.63) is 0 Å². The lowest BCUT2D eigenvalue weighted by Crippen LogP contribution is -2.31. The van der Waals surface area contributed by atoms with E-state index in [1.54, 1.807) is 0 Å². The summed E-state index contributed by atoms with van der Waals surface area (Å²) in [5.41, 5.74) is 0. The molecule has 0 aromatic rings. The molecule has 7 nitrogen and oxygen atoms in total. The van der Waals surface area contributed by atoms with E-state index in [-0.39, 0.29) is 25.2 Å². The fraction of sp³-hybridized carbons (Fsp3) is 0.733. The van der Waals surface area contributed by atoms with Crippen LogP contribution in [0.15, 0.2) is 0 Å². The Morgan fingerprint density at radius 2 is 1.32 bits per heavy atom. The van der Waals surface area contributed by atoms with E-state index in [2.05, 4.69) is 4.74 Å². The van der Waals surface area contributed by atoms with Crippen LogP contribution >= 0.6 is 0 Å². The van der Waals surface area contributed by atoms with Gasteiger partial charge in [0.1, 0.15) is 0 Å². The van der Waals surface area contributed by atoms with Gasteiger partial charge in [-0.3, -0.25) is 14.4 Å². The smallest absolute Gasteiger partial charge is 0.333 e. The lowest BCUT2D eigenvalue weighted by molar-refractivity contribution is -0.197. The third-order valence-corrected chi connectivity index (χ3v) is 3.44. The van der Waals surface area contributed by atoms with E-state index in [1.165, 1.54) is 7.11 Å². The molecule has 1 heterocycles. The van der Waals surface area contributed by atoms with Gasteiger partial charge in [-0.25, -0.2) is 4.79 Å². The Kier molecular flexibility index (Phi) is 8.17. The predicted molar refractivity (Wildman–Crippen MR) is 76.1 cm³/mol. The summed E-state index contributed by atoms with van der Waals surface area (Å²) in [5, 5.41) is 0.579. The number of carbonyl (C=O) groups excluding carboxylic acids is 4. The Morgan fingerprint density at radius 1 is 0.864 bits per heavy atom. The van der Waals surface area contributed by atoms with Crippen molar-refractivity contribution in [2.24, 2.45) is 0 Å². The van der Waals surface area contributed by atoms with Crippen LogP contribution in [0.4, 0.5) is 0 Å². The van der Waals surface area contributed by atoms with Gasteiger partial charge in [0.2, 0.25) is 0 Å². The van der Waals surface area contributed by atoms with Crippen molar-refractivity contribution in [1.29, 1.82) is 0 Å². The summed E-state index contributed by atoms with van der Waals surface area (Å²) in [6, 6.07) is 0. The minimum absolute atomic E-state index is 0.109. The number of hydroxylamine groups is 2. The number of esters is 1. The van der Waals surface area contributed by atoms with Gasteiger partial charge in [0.15, 0.2) is 0 Å². The molecule has 2 amide bonds. The molecule has 0 aromatic heterocycles. The maximum absolute atomic E-state index is 11.5. The number of rotatable bonds is 10. The number of nitrogens with zero attached hydrogens (tertiary/aromatic N) is 1. The number of ether oxygens (including phenoxy) is 1. The first-order chi connectivity index (χ1) is 10.5. The highest BCUT2D eigenvalue weighted by atomic mass is 16.7. The van der Waals surface area contributed by atoms with Crippen LogP contribution in [0.5, 0.6) is 0 Å². The maximum atomic E-state index is 11.5. The summed E-state index contributed by atoms with van der Waals surface area (Å²) >= 11 is 0. The van der Waals surface area contributed by atoms with Gasteiger partial charge in [0.25, 0.3) is 11.8 Å². The van der Waals surface area contributed by atoms with E-state index in [0.717, 1.165) is 32.1 Å². The van der Waals surface area contributed by atoms with E-state index >= 15 is 0 Å². The molecule has 0 aliphatic carbocycles. The largest absolute Gasteiger partial charge is 0.469 e. The van der Waals surface area contributed by atoms with E-state index in [9.17, 15) is 19.2 Å². The average Bonchev–Trinajstić information content (AvgIpc) is 2.81. The molecular formula is C15H23NO6. The number of hydrogen-bond acceptors (Lipinski definition) is 6. The van der Waals surface area contributed by atoms with Gasteiger partial charge in [-0.2, -0.15) is 0 Å². The second kappa shape index (κ2) is 9.92. The highest BCUT2D eigenvalue weighted by Gasteiger charge is 2.32. The van der Waals surface area contributed by atoms with Gasteiger partial charge in [0, 0.05) is 25.7 Å². The van der Waals surface area contributed by atoms with Crippen LogP contribution in [0.3, 0.4) is 0 Å². The second-order valence-electron chi connectivity index (χ2n) is 5.24. The van der Waals surface area contributed by atoms with Crippen LogP contribution in [0.2, 0.25) is 0 Å². The van der Waals surface area contributed by atoms with Gasteiger partial charge in [-0.15, -0.1) is 5.06 Å². The molecular weight excluding hydrogens is 290 g/mol. The van der Waals surface area contributed by atoms with Crippen molar-refractivity contribution < 1.29 is 28.8 Å². The zero-order valence-corrected chi connectivity index (χ0v) is 13.0. The van der Waals surface area contributed by atoms with Crippen molar-refractivity contribution >= 4 is 23.8 Å². The zero-order valence-electron chi connectivity index (χ0n) is 13.0. The van der Waals surface area contributed by atoms with Gasteiger partial charge >= 0.3 is 11.9 Å². The summed E-state index contributed by atoms with van der Waals surface area (Å²) < 4.78 is 4.55. The fourth-order valence-corrected chi connectivity index (χ4v) is 2.15. The van der Waals surface area contributed by atoms with Crippen LogP contribution in [0.25, 0.3) is 0 Å². The fourth-order valence-electron chi connectivity index (χ4n) is 2.15. The zero-order chi connectivity index (χ0) is 16.4. The quantitative estimate of drug-likeness (QED) is 0.347. The molecule has 22 heavy (non-hydrogen) atoms.